The number of aliphatic imine (C=N–C) groups is 1. The maximum atomic E-state index is 5.29. The minimum atomic E-state index is 0.125. The van der Waals surface area contributed by atoms with E-state index in [1.807, 2.05) is 6.34 Å². The second-order valence-corrected chi connectivity index (χ2v) is 6.59. The van der Waals surface area contributed by atoms with Gasteiger partial charge in [0.2, 0.25) is 0 Å². The van der Waals surface area contributed by atoms with Crippen molar-refractivity contribution < 1.29 is 4.74 Å². The van der Waals surface area contributed by atoms with Crippen molar-refractivity contribution in [1.29, 1.82) is 0 Å². The van der Waals surface area contributed by atoms with Gasteiger partial charge in [0.25, 0.3) is 0 Å². The van der Waals surface area contributed by atoms with E-state index in [0.717, 1.165) is 19.5 Å². The smallest absolute Gasteiger partial charge is 0.0857 e. The third-order valence-electron chi connectivity index (χ3n) is 3.89. The zero-order valence-corrected chi connectivity index (χ0v) is 13.1. The molecule has 0 amide bonds. The van der Waals surface area contributed by atoms with E-state index < -0.39 is 0 Å². The van der Waals surface area contributed by atoms with Crippen LogP contribution in [0.25, 0.3) is 0 Å². The molecule has 0 aliphatic carbocycles. The van der Waals surface area contributed by atoms with Gasteiger partial charge in [-0.2, -0.15) is 0 Å². The monoisotopic (exact) mass is 274 g/mol. The lowest BCUT2D eigenvalue weighted by Gasteiger charge is -2.30. The zero-order chi connectivity index (χ0) is 14.6. The van der Waals surface area contributed by atoms with Gasteiger partial charge in [0, 0.05) is 20.2 Å². The zero-order valence-electron chi connectivity index (χ0n) is 13.1. The first-order chi connectivity index (χ1) is 9.50. The number of nitrogens with zero attached hydrogens (tertiary/aromatic N) is 2. The fraction of sp³-hybridized carbons (Fsp3) is 0.588. The van der Waals surface area contributed by atoms with Crippen molar-refractivity contribution in [2.75, 3.05) is 20.3 Å². The molecule has 2 rings (SSSR count). The van der Waals surface area contributed by atoms with E-state index in [1.54, 1.807) is 7.11 Å². The molecule has 0 N–H and O–H groups in total. The summed E-state index contributed by atoms with van der Waals surface area (Å²) >= 11 is 0. The van der Waals surface area contributed by atoms with Gasteiger partial charge in [-0.25, -0.2) is 0 Å². The van der Waals surface area contributed by atoms with Gasteiger partial charge >= 0.3 is 0 Å². The van der Waals surface area contributed by atoms with Gasteiger partial charge in [-0.3, -0.25) is 4.99 Å². The molecule has 3 heteroatoms. The molecular weight excluding hydrogens is 248 g/mol. The van der Waals surface area contributed by atoms with E-state index in [9.17, 15) is 0 Å². The second kappa shape index (κ2) is 6.40. The van der Waals surface area contributed by atoms with Crippen LogP contribution in [0, 0.1) is 5.41 Å². The Morgan fingerprint density at radius 3 is 2.65 bits per heavy atom. The van der Waals surface area contributed by atoms with Crippen LogP contribution in [0.4, 0.5) is 0 Å². The van der Waals surface area contributed by atoms with Gasteiger partial charge < -0.3 is 9.64 Å². The fourth-order valence-electron chi connectivity index (χ4n) is 2.47. The first-order valence-corrected chi connectivity index (χ1v) is 7.34. The third kappa shape index (κ3) is 3.83. The summed E-state index contributed by atoms with van der Waals surface area (Å²) in [7, 11) is 1.74. The molecule has 0 radical (unpaired) electrons. The molecule has 1 atom stereocenters. The number of methoxy groups -OCH3 is 1. The van der Waals surface area contributed by atoms with Gasteiger partial charge in [-0.05, 0) is 23.0 Å². The normalized spacial score (nSPS) is 17.3. The molecule has 1 aromatic carbocycles. The van der Waals surface area contributed by atoms with E-state index >= 15 is 0 Å². The standard InChI is InChI=1S/C17H26N2O/c1-17(2,3)16(12-20-4)18-13-19-10-9-14-7-5-6-8-15(14)11-19/h5-8,13,16H,9-12H2,1-4H3/t16-/m1/s1. The van der Waals surface area contributed by atoms with Gasteiger partial charge in [0.15, 0.2) is 0 Å². The summed E-state index contributed by atoms with van der Waals surface area (Å²) < 4.78 is 5.29. The third-order valence-corrected chi connectivity index (χ3v) is 3.89. The van der Waals surface area contributed by atoms with E-state index in [-0.39, 0.29) is 11.5 Å². The average Bonchev–Trinajstić information content (AvgIpc) is 2.42. The maximum absolute atomic E-state index is 5.29. The van der Waals surface area contributed by atoms with Crippen LogP contribution in [0.15, 0.2) is 29.3 Å². The Morgan fingerprint density at radius 2 is 2.00 bits per heavy atom. The van der Waals surface area contributed by atoms with Crippen molar-refractivity contribution in [3.8, 4) is 0 Å². The molecule has 1 heterocycles. The number of fused-ring (bicyclic) bond motifs is 1. The Hall–Kier alpha value is -1.35. The van der Waals surface area contributed by atoms with Gasteiger partial charge in [-0.15, -0.1) is 0 Å². The molecule has 3 nitrogen and oxygen atoms in total. The Labute approximate surface area is 122 Å². The largest absolute Gasteiger partial charge is 0.382 e. The summed E-state index contributed by atoms with van der Waals surface area (Å²) in [5.41, 5.74) is 3.02. The van der Waals surface area contributed by atoms with Gasteiger partial charge in [-0.1, -0.05) is 45.0 Å². The molecule has 0 bridgehead atoms. The van der Waals surface area contributed by atoms with Crippen LogP contribution in [-0.4, -0.2) is 37.5 Å². The van der Waals surface area contributed by atoms with Gasteiger partial charge in [0.1, 0.15) is 0 Å². The molecule has 0 aromatic heterocycles. The van der Waals surface area contributed by atoms with Crippen LogP contribution >= 0.6 is 0 Å². The van der Waals surface area contributed by atoms with Gasteiger partial charge in [0.05, 0.1) is 19.0 Å². The highest BCUT2D eigenvalue weighted by atomic mass is 16.5. The number of hydrogen-bond acceptors (Lipinski definition) is 2. The predicted octanol–water partition coefficient (Wildman–Crippen LogP) is 3.13. The van der Waals surface area contributed by atoms with Crippen molar-refractivity contribution >= 4 is 6.34 Å². The summed E-state index contributed by atoms with van der Waals surface area (Å²) in [5.74, 6) is 0. The summed E-state index contributed by atoms with van der Waals surface area (Å²) in [6, 6.07) is 8.88. The first kappa shape index (κ1) is 15.0. The molecular formula is C17H26N2O. The second-order valence-electron chi connectivity index (χ2n) is 6.59. The van der Waals surface area contributed by atoms with Crippen molar-refractivity contribution in [2.45, 2.75) is 39.8 Å². The Morgan fingerprint density at radius 1 is 1.30 bits per heavy atom. The van der Waals surface area contributed by atoms with Crippen molar-refractivity contribution in [3.63, 3.8) is 0 Å². The minimum absolute atomic E-state index is 0.125. The lowest BCUT2D eigenvalue weighted by molar-refractivity contribution is 0.135. The minimum Gasteiger partial charge on any atom is -0.382 e. The van der Waals surface area contributed by atoms with E-state index in [0.29, 0.717) is 6.61 Å². The highest BCUT2D eigenvalue weighted by Gasteiger charge is 2.24. The molecule has 0 unspecified atom stereocenters. The lowest BCUT2D eigenvalue weighted by atomic mass is 9.88. The maximum Gasteiger partial charge on any atom is 0.0857 e. The SMILES string of the molecule is COC[C@@H](N=CN1CCc2ccccc2C1)C(C)(C)C. The van der Waals surface area contributed by atoms with Crippen molar-refractivity contribution in [2.24, 2.45) is 10.4 Å². The topological polar surface area (TPSA) is 24.8 Å². The summed E-state index contributed by atoms with van der Waals surface area (Å²) in [4.78, 5) is 7.06. The van der Waals surface area contributed by atoms with E-state index in [4.69, 9.17) is 9.73 Å². The number of hydrogen-bond donors (Lipinski definition) is 0. The summed E-state index contributed by atoms with van der Waals surface area (Å²) in [6.45, 7) is 9.30. The molecule has 110 valence electrons. The Bertz CT molecular complexity index is 462. The van der Waals surface area contributed by atoms with Crippen LogP contribution in [0.2, 0.25) is 0 Å². The number of benzene rings is 1. The van der Waals surface area contributed by atoms with Crippen molar-refractivity contribution in [3.05, 3.63) is 35.4 Å². The quantitative estimate of drug-likeness (QED) is 0.622. The van der Waals surface area contributed by atoms with E-state index in [1.165, 1.54) is 11.1 Å². The summed E-state index contributed by atoms with van der Waals surface area (Å²) in [6.07, 6.45) is 3.12. The van der Waals surface area contributed by atoms with Crippen LogP contribution < -0.4 is 0 Å². The average molecular weight is 274 g/mol. The molecule has 20 heavy (non-hydrogen) atoms. The molecule has 1 aliphatic heterocycles. The molecule has 0 spiro atoms. The fourth-order valence-corrected chi connectivity index (χ4v) is 2.47. The van der Waals surface area contributed by atoms with Crippen LogP contribution in [-0.2, 0) is 17.7 Å². The van der Waals surface area contributed by atoms with Crippen LogP contribution in [0.5, 0.6) is 0 Å². The molecule has 1 aliphatic rings. The van der Waals surface area contributed by atoms with E-state index in [2.05, 4.69) is 49.9 Å². The molecule has 0 saturated heterocycles. The van der Waals surface area contributed by atoms with Crippen LogP contribution in [0.1, 0.15) is 31.9 Å². The molecule has 0 fully saturated rings. The molecule has 1 aromatic rings. The highest BCUT2D eigenvalue weighted by molar-refractivity contribution is 5.56. The highest BCUT2D eigenvalue weighted by Crippen LogP contribution is 2.23. The predicted molar refractivity (Wildman–Crippen MR) is 84.2 cm³/mol. The summed E-state index contributed by atoms with van der Waals surface area (Å²) in [5, 5.41) is 0. The lowest BCUT2D eigenvalue weighted by Crippen LogP contribution is -2.33. The number of rotatable bonds is 4. The number of ether oxygens (including phenoxy) is 1. The Kier molecular flexibility index (Phi) is 4.81. The molecule has 0 saturated carbocycles. The Balaban J connectivity index is 2.02. The van der Waals surface area contributed by atoms with Crippen molar-refractivity contribution in [1.82, 2.24) is 4.90 Å². The first-order valence-electron chi connectivity index (χ1n) is 7.34. The van der Waals surface area contributed by atoms with Crippen LogP contribution in [0.3, 0.4) is 0 Å².